The molecule has 0 bridgehead atoms. The molecule has 136 valence electrons. The monoisotopic (exact) mass is 457 g/mol. The van der Waals surface area contributed by atoms with Crippen molar-refractivity contribution in [1.29, 1.82) is 0 Å². The first kappa shape index (κ1) is 20.9. The van der Waals surface area contributed by atoms with Crippen LogP contribution in [0.4, 0.5) is 5.82 Å². The third-order valence-electron chi connectivity index (χ3n) is 3.41. The molecule has 0 unspecified atom stereocenters. The summed E-state index contributed by atoms with van der Waals surface area (Å²) in [7, 11) is 3.57. The summed E-state index contributed by atoms with van der Waals surface area (Å²) in [5.74, 6) is 1.10. The van der Waals surface area contributed by atoms with Gasteiger partial charge in [-0.05, 0) is 24.6 Å². The summed E-state index contributed by atoms with van der Waals surface area (Å²) in [4.78, 5) is 20.2. The summed E-state index contributed by atoms with van der Waals surface area (Å²) in [6.45, 7) is 3.03. The third-order valence-corrected chi connectivity index (χ3v) is 3.41. The second kappa shape index (κ2) is 10.6. The molecular weight excluding hydrogens is 433 g/mol. The number of halogens is 1. The van der Waals surface area contributed by atoms with Gasteiger partial charge in [-0.25, -0.2) is 4.98 Å². The molecule has 2 aromatic rings. The van der Waals surface area contributed by atoms with Gasteiger partial charge in [0, 0.05) is 39.5 Å². The van der Waals surface area contributed by atoms with Gasteiger partial charge in [-0.2, -0.15) is 5.10 Å². The van der Waals surface area contributed by atoms with Crippen LogP contribution in [-0.4, -0.2) is 40.2 Å². The van der Waals surface area contributed by atoms with Crippen LogP contribution in [0, 0.1) is 6.92 Å². The SMILES string of the molecule is CN=C(NCCC(=O)Nc1ccc(C)cn1)NCc1ccnn1C.I. The van der Waals surface area contributed by atoms with Gasteiger partial charge in [0.05, 0.1) is 12.2 Å². The van der Waals surface area contributed by atoms with Gasteiger partial charge in [0.15, 0.2) is 5.96 Å². The molecule has 2 rings (SSSR count). The van der Waals surface area contributed by atoms with Crippen molar-refractivity contribution in [3.05, 3.63) is 41.9 Å². The van der Waals surface area contributed by atoms with Crippen molar-refractivity contribution >= 4 is 41.7 Å². The maximum absolute atomic E-state index is 11.9. The Morgan fingerprint density at radius 3 is 2.68 bits per heavy atom. The van der Waals surface area contributed by atoms with Crippen molar-refractivity contribution in [2.75, 3.05) is 18.9 Å². The van der Waals surface area contributed by atoms with E-state index in [0.717, 1.165) is 11.3 Å². The minimum atomic E-state index is -0.0964. The average Bonchev–Trinajstić information content (AvgIpc) is 2.98. The van der Waals surface area contributed by atoms with Gasteiger partial charge in [0.2, 0.25) is 5.91 Å². The van der Waals surface area contributed by atoms with Crippen molar-refractivity contribution in [3.63, 3.8) is 0 Å². The molecule has 9 heteroatoms. The quantitative estimate of drug-likeness (QED) is 0.347. The molecule has 2 aromatic heterocycles. The Balaban J connectivity index is 0.00000312. The van der Waals surface area contributed by atoms with Crippen LogP contribution in [0.15, 0.2) is 35.6 Å². The van der Waals surface area contributed by atoms with Gasteiger partial charge in [-0.15, -0.1) is 24.0 Å². The molecule has 0 atom stereocenters. The molecule has 0 spiro atoms. The fourth-order valence-electron chi connectivity index (χ4n) is 2.01. The van der Waals surface area contributed by atoms with E-state index in [9.17, 15) is 4.79 Å². The van der Waals surface area contributed by atoms with Crippen molar-refractivity contribution in [2.45, 2.75) is 19.9 Å². The predicted molar refractivity (Wildman–Crippen MR) is 109 cm³/mol. The molecule has 0 aromatic carbocycles. The standard InChI is InChI=1S/C16H23N7O.HI/c1-12-4-5-14(19-10-12)22-15(24)7-8-18-16(17-2)20-11-13-6-9-21-23(13)3;/h4-6,9-10H,7-8,11H2,1-3H3,(H2,17,18,20)(H,19,22,24);1H. The molecule has 1 amide bonds. The van der Waals surface area contributed by atoms with E-state index in [1.807, 2.05) is 26.1 Å². The zero-order chi connectivity index (χ0) is 17.4. The van der Waals surface area contributed by atoms with Gasteiger partial charge >= 0.3 is 0 Å². The van der Waals surface area contributed by atoms with Gasteiger partial charge in [0.1, 0.15) is 5.82 Å². The third kappa shape index (κ3) is 7.08. The lowest BCUT2D eigenvalue weighted by atomic mass is 10.3. The molecule has 3 N–H and O–H groups in total. The summed E-state index contributed by atoms with van der Waals surface area (Å²) in [5, 5.41) is 13.2. The summed E-state index contributed by atoms with van der Waals surface area (Å²) in [6, 6.07) is 5.63. The predicted octanol–water partition coefficient (Wildman–Crippen LogP) is 1.44. The Bertz CT molecular complexity index is 697. The maximum atomic E-state index is 11.9. The van der Waals surface area contributed by atoms with E-state index in [-0.39, 0.29) is 29.9 Å². The Morgan fingerprint density at radius 1 is 1.28 bits per heavy atom. The van der Waals surface area contributed by atoms with E-state index < -0.39 is 0 Å². The van der Waals surface area contributed by atoms with Crippen LogP contribution in [0.5, 0.6) is 0 Å². The fraction of sp³-hybridized carbons (Fsp3) is 0.375. The zero-order valence-electron chi connectivity index (χ0n) is 14.6. The molecule has 25 heavy (non-hydrogen) atoms. The smallest absolute Gasteiger partial charge is 0.227 e. The number of anilines is 1. The van der Waals surface area contributed by atoms with E-state index in [1.54, 1.807) is 30.2 Å². The number of nitrogens with zero attached hydrogens (tertiary/aromatic N) is 4. The van der Waals surface area contributed by atoms with Crippen LogP contribution in [0.2, 0.25) is 0 Å². The number of carbonyl (C=O) groups is 1. The van der Waals surface area contributed by atoms with Crippen LogP contribution in [0.3, 0.4) is 0 Å². The number of aryl methyl sites for hydroxylation is 2. The number of hydrogen-bond donors (Lipinski definition) is 3. The molecule has 0 aliphatic carbocycles. The summed E-state index contributed by atoms with van der Waals surface area (Å²) < 4.78 is 1.79. The summed E-state index contributed by atoms with van der Waals surface area (Å²) in [6.07, 6.45) is 3.79. The van der Waals surface area contributed by atoms with Gasteiger partial charge in [-0.1, -0.05) is 6.07 Å². The van der Waals surface area contributed by atoms with Crippen LogP contribution >= 0.6 is 24.0 Å². The fourth-order valence-corrected chi connectivity index (χ4v) is 2.01. The second-order valence-corrected chi connectivity index (χ2v) is 5.32. The Morgan fingerprint density at radius 2 is 2.08 bits per heavy atom. The lowest BCUT2D eigenvalue weighted by Crippen LogP contribution is -2.38. The van der Waals surface area contributed by atoms with E-state index in [0.29, 0.717) is 31.3 Å². The number of aliphatic imine (C=N–C) groups is 1. The summed E-state index contributed by atoms with van der Waals surface area (Å²) in [5.41, 5.74) is 2.10. The molecule has 2 heterocycles. The van der Waals surface area contributed by atoms with Crippen molar-refractivity contribution in [2.24, 2.45) is 12.0 Å². The molecule has 8 nitrogen and oxygen atoms in total. The lowest BCUT2D eigenvalue weighted by Gasteiger charge is -2.12. The normalized spacial score (nSPS) is 10.8. The Kier molecular flexibility index (Phi) is 8.89. The highest BCUT2D eigenvalue weighted by Gasteiger charge is 2.05. The molecular formula is C16H24IN7O. The highest BCUT2D eigenvalue weighted by molar-refractivity contribution is 14.0. The topological polar surface area (TPSA) is 96.2 Å². The summed E-state index contributed by atoms with van der Waals surface area (Å²) >= 11 is 0. The van der Waals surface area contributed by atoms with Crippen molar-refractivity contribution in [1.82, 2.24) is 25.4 Å². The van der Waals surface area contributed by atoms with E-state index >= 15 is 0 Å². The van der Waals surface area contributed by atoms with Gasteiger partial charge in [-0.3, -0.25) is 14.5 Å². The first-order chi connectivity index (χ1) is 11.6. The van der Waals surface area contributed by atoms with Crippen LogP contribution in [0.25, 0.3) is 0 Å². The molecule has 0 saturated heterocycles. The number of amides is 1. The molecule has 0 aliphatic heterocycles. The molecule has 0 aliphatic rings. The van der Waals surface area contributed by atoms with E-state index in [2.05, 4.69) is 31.0 Å². The Labute approximate surface area is 164 Å². The van der Waals surface area contributed by atoms with Crippen LogP contribution in [0.1, 0.15) is 17.7 Å². The van der Waals surface area contributed by atoms with Gasteiger partial charge in [0.25, 0.3) is 0 Å². The van der Waals surface area contributed by atoms with Gasteiger partial charge < -0.3 is 16.0 Å². The minimum absolute atomic E-state index is 0. The molecule has 0 saturated carbocycles. The molecule has 0 fully saturated rings. The number of hydrogen-bond acceptors (Lipinski definition) is 4. The zero-order valence-corrected chi connectivity index (χ0v) is 16.9. The molecule has 0 radical (unpaired) electrons. The Hall–Kier alpha value is -2.17. The highest BCUT2D eigenvalue weighted by atomic mass is 127. The first-order valence-electron chi connectivity index (χ1n) is 7.72. The van der Waals surface area contributed by atoms with E-state index in [1.165, 1.54) is 0 Å². The van der Waals surface area contributed by atoms with Crippen molar-refractivity contribution in [3.8, 4) is 0 Å². The lowest BCUT2D eigenvalue weighted by molar-refractivity contribution is -0.116. The largest absolute Gasteiger partial charge is 0.356 e. The number of rotatable bonds is 6. The number of pyridine rings is 1. The van der Waals surface area contributed by atoms with E-state index in [4.69, 9.17) is 0 Å². The average molecular weight is 457 g/mol. The van der Waals surface area contributed by atoms with Crippen molar-refractivity contribution < 1.29 is 4.79 Å². The second-order valence-electron chi connectivity index (χ2n) is 5.32. The first-order valence-corrected chi connectivity index (χ1v) is 7.72. The van der Waals surface area contributed by atoms with Crippen LogP contribution in [-0.2, 0) is 18.4 Å². The minimum Gasteiger partial charge on any atom is -0.356 e. The maximum Gasteiger partial charge on any atom is 0.227 e. The number of carbonyl (C=O) groups excluding carboxylic acids is 1. The number of guanidine groups is 1. The highest BCUT2D eigenvalue weighted by Crippen LogP contribution is 2.03. The number of aromatic nitrogens is 3. The van der Waals surface area contributed by atoms with Crippen LogP contribution < -0.4 is 16.0 Å². The number of nitrogens with one attached hydrogen (secondary N) is 3.